The molecule has 1 aliphatic rings. The van der Waals surface area contributed by atoms with Crippen molar-refractivity contribution in [1.82, 2.24) is 14.9 Å². The van der Waals surface area contributed by atoms with Crippen molar-refractivity contribution in [3.8, 4) is 5.75 Å². The number of likely N-dealkylation sites (tertiary alicyclic amines) is 1. The van der Waals surface area contributed by atoms with Gasteiger partial charge in [0, 0.05) is 42.7 Å². The number of nitrogens with two attached hydrogens (primary N) is 1. The minimum atomic E-state index is -0.0936. The highest BCUT2D eigenvalue weighted by Gasteiger charge is 2.24. The van der Waals surface area contributed by atoms with Crippen LogP contribution in [0.15, 0.2) is 36.5 Å². The van der Waals surface area contributed by atoms with Gasteiger partial charge in [0.25, 0.3) is 0 Å². The normalized spacial score (nSPS) is 15.1. The Bertz CT molecular complexity index is 714. The fourth-order valence-corrected chi connectivity index (χ4v) is 2.90. The Morgan fingerprint density at radius 3 is 2.83 bits per heavy atom. The number of amides is 2. The lowest BCUT2D eigenvalue weighted by molar-refractivity contribution is 0.194. The lowest BCUT2D eigenvalue weighted by Crippen LogP contribution is -2.40. The third-order valence-electron chi connectivity index (χ3n) is 4.22. The second-order valence-corrected chi connectivity index (χ2v) is 5.76. The molecule has 0 spiro atoms. The Balaban J connectivity index is 1.57. The largest absolute Gasteiger partial charge is 0.497 e. The number of hydrogen-bond donors (Lipinski definition) is 2. The van der Waals surface area contributed by atoms with Gasteiger partial charge in [0.1, 0.15) is 5.75 Å². The van der Waals surface area contributed by atoms with Crippen LogP contribution >= 0.6 is 0 Å². The first-order valence-corrected chi connectivity index (χ1v) is 7.94. The molecule has 2 amide bonds. The van der Waals surface area contributed by atoms with Gasteiger partial charge in [0.2, 0.25) is 5.95 Å². The van der Waals surface area contributed by atoms with E-state index in [1.54, 1.807) is 19.4 Å². The fourth-order valence-electron chi connectivity index (χ4n) is 2.90. The van der Waals surface area contributed by atoms with E-state index in [9.17, 15) is 4.79 Å². The number of benzene rings is 1. The molecule has 0 atom stereocenters. The van der Waals surface area contributed by atoms with Gasteiger partial charge in [-0.25, -0.2) is 14.8 Å². The highest BCUT2D eigenvalue weighted by molar-refractivity contribution is 5.89. The van der Waals surface area contributed by atoms with E-state index in [-0.39, 0.29) is 6.03 Å². The zero-order valence-corrected chi connectivity index (χ0v) is 13.6. The molecule has 1 saturated heterocycles. The van der Waals surface area contributed by atoms with Gasteiger partial charge in [-0.1, -0.05) is 6.07 Å². The summed E-state index contributed by atoms with van der Waals surface area (Å²) in [7, 11) is 1.60. The Hall–Kier alpha value is -2.83. The van der Waals surface area contributed by atoms with Gasteiger partial charge in [-0.15, -0.1) is 0 Å². The monoisotopic (exact) mass is 327 g/mol. The topological polar surface area (TPSA) is 93.4 Å². The second kappa shape index (κ2) is 7.16. The number of aromatic nitrogens is 2. The van der Waals surface area contributed by atoms with E-state index in [2.05, 4.69) is 15.3 Å². The first kappa shape index (κ1) is 16.0. The molecule has 0 radical (unpaired) electrons. The number of anilines is 2. The molecule has 1 aromatic carbocycles. The lowest BCUT2D eigenvalue weighted by atomic mass is 9.93. The van der Waals surface area contributed by atoms with Crippen LogP contribution in [0.3, 0.4) is 0 Å². The van der Waals surface area contributed by atoms with Gasteiger partial charge in [-0.3, -0.25) is 0 Å². The van der Waals surface area contributed by atoms with E-state index >= 15 is 0 Å². The van der Waals surface area contributed by atoms with Crippen molar-refractivity contribution < 1.29 is 9.53 Å². The van der Waals surface area contributed by atoms with Crippen LogP contribution in [-0.4, -0.2) is 41.1 Å². The molecule has 1 aromatic heterocycles. The molecule has 0 unspecified atom stereocenters. The highest BCUT2D eigenvalue weighted by Crippen LogP contribution is 2.27. The van der Waals surface area contributed by atoms with Gasteiger partial charge in [0.15, 0.2) is 0 Å². The second-order valence-electron chi connectivity index (χ2n) is 5.76. The molecule has 7 heteroatoms. The number of carbonyl (C=O) groups excluding carboxylic acids is 1. The summed E-state index contributed by atoms with van der Waals surface area (Å²) in [6.45, 7) is 1.37. The van der Waals surface area contributed by atoms with Crippen molar-refractivity contribution in [3.05, 3.63) is 42.2 Å². The van der Waals surface area contributed by atoms with Crippen LogP contribution < -0.4 is 15.8 Å². The van der Waals surface area contributed by atoms with Crippen LogP contribution in [0.1, 0.15) is 24.5 Å². The van der Waals surface area contributed by atoms with Crippen molar-refractivity contribution in [3.63, 3.8) is 0 Å². The summed E-state index contributed by atoms with van der Waals surface area (Å²) in [4.78, 5) is 22.4. The fraction of sp³-hybridized carbons (Fsp3) is 0.353. The lowest BCUT2D eigenvalue weighted by Gasteiger charge is -2.31. The van der Waals surface area contributed by atoms with E-state index in [0.717, 1.165) is 24.2 Å². The van der Waals surface area contributed by atoms with Gasteiger partial charge in [0.05, 0.1) is 7.11 Å². The SMILES string of the molecule is COc1cccc(NC(=O)N2CCC(c3ccnc(N)n3)CC2)c1. The summed E-state index contributed by atoms with van der Waals surface area (Å²) in [5.41, 5.74) is 7.32. The molecule has 126 valence electrons. The summed E-state index contributed by atoms with van der Waals surface area (Å²) in [6.07, 6.45) is 3.41. The maximum atomic E-state index is 12.4. The van der Waals surface area contributed by atoms with Gasteiger partial charge >= 0.3 is 6.03 Å². The van der Waals surface area contributed by atoms with Crippen LogP contribution in [0, 0.1) is 0 Å². The maximum Gasteiger partial charge on any atom is 0.321 e. The van der Waals surface area contributed by atoms with Gasteiger partial charge in [-0.2, -0.15) is 0 Å². The average molecular weight is 327 g/mol. The first-order chi connectivity index (χ1) is 11.7. The van der Waals surface area contributed by atoms with E-state index < -0.39 is 0 Å². The number of rotatable bonds is 3. The van der Waals surface area contributed by atoms with Crippen molar-refractivity contribution in [2.75, 3.05) is 31.2 Å². The summed E-state index contributed by atoms with van der Waals surface area (Å²) < 4.78 is 5.17. The van der Waals surface area contributed by atoms with Crippen molar-refractivity contribution in [2.45, 2.75) is 18.8 Å². The molecular formula is C17H21N5O2. The van der Waals surface area contributed by atoms with Crippen LogP contribution in [-0.2, 0) is 0 Å². The quantitative estimate of drug-likeness (QED) is 0.903. The number of nitrogens with zero attached hydrogens (tertiary/aromatic N) is 3. The molecule has 0 bridgehead atoms. The van der Waals surface area contributed by atoms with E-state index in [1.165, 1.54) is 0 Å². The minimum absolute atomic E-state index is 0.0936. The molecule has 2 heterocycles. The van der Waals surface area contributed by atoms with E-state index in [0.29, 0.717) is 30.7 Å². The third kappa shape index (κ3) is 3.73. The smallest absolute Gasteiger partial charge is 0.321 e. The summed E-state index contributed by atoms with van der Waals surface area (Å²) in [6, 6.07) is 9.14. The first-order valence-electron chi connectivity index (χ1n) is 7.94. The molecule has 0 saturated carbocycles. The number of piperidine rings is 1. The number of urea groups is 1. The van der Waals surface area contributed by atoms with Crippen LogP contribution in [0.4, 0.5) is 16.4 Å². The molecule has 1 aliphatic heterocycles. The molecular weight excluding hydrogens is 306 g/mol. The Labute approximate surface area is 140 Å². The van der Waals surface area contributed by atoms with E-state index in [1.807, 2.05) is 29.2 Å². The number of carbonyl (C=O) groups is 1. The average Bonchev–Trinajstić information content (AvgIpc) is 2.62. The summed E-state index contributed by atoms with van der Waals surface area (Å²) in [5, 5.41) is 2.91. The molecule has 24 heavy (non-hydrogen) atoms. The van der Waals surface area contributed by atoms with Gasteiger partial charge < -0.3 is 20.7 Å². The zero-order chi connectivity index (χ0) is 16.9. The molecule has 7 nitrogen and oxygen atoms in total. The molecule has 3 rings (SSSR count). The highest BCUT2D eigenvalue weighted by atomic mass is 16.5. The van der Waals surface area contributed by atoms with Crippen LogP contribution in [0.2, 0.25) is 0 Å². The molecule has 2 aromatic rings. The number of ether oxygens (including phenoxy) is 1. The van der Waals surface area contributed by atoms with Crippen molar-refractivity contribution >= 4 is 17.7 Å². The van der Waals surface area contributed by atoms with Crippen molar-refractivity contribution in [2.24, 2.45) is 0 Å². The Kier molecular flexibility index (Phi) is 4.79. The van der Waals surface area contributed by atoms with E-state index in [4.69, 9.17) is 10.5 Å². The zero-order valence-electron chi connectivity index (χ0n) is 13.6. The molecule has 3 N–H and O–H groups in total. The maximum absolute atomic E-state index is 12.4. The minimum Gasteiger partial charge on any atom is -0.497 e. The Morgan fingerprint density at radius 2 is 2.12 bits per heavy atom. The predicted molar refractivity (Wildman–Crippen MR) is 92.0 cm³/mol. The predicted octanol–water partition coefficient (Wildman–Crippen LogP) is 2.48. The van der Waals surface area contributed by atoms with Crippen LogP contribution in [0.25, 0.3) is 0 Å². The number of nitrogen functional groups attached to an aromatic ring is 1. The van der Waals surface area contributed by atoms with Crippen LogP contribution in [0.5, 0.6) is 5.75 Å². The number of nitrogens with one attached hydrogen (secondary N) is 1. The summed E-state index contributed by atoms with van der Waals surface area (Å²) in [5.74, 6) is 1.33. The Morgan fingerprint density at radius 1 is 1.33 bits per heavy atom. The third-order valence-corrected chi connectivity index (χ3v) is 4.22. The molecule has 0 aliphatic carbocycles. The molecule has 1 fully saturated rings. The van der Waals surface area contributed by atoms with Crippen molar-refractivity contribution in [1.29, 1.82) is 0 Å². The number of hydrogen-bond acceptors (Lipinski definition) is 5. The number of methoxy groups -OCH3 is 1. The van der Waals surface area contributed by atoms with Gasteiger partial charge in [-0.05, 0) is 31.0 Å². The standard InChI is InChI=1S/C17H21N5O2/c1-24-14-4-2-3-13(11-14)20-17(23)22-9-6-12(7-10-22)15-5-8-19-16(18)21-15/h2-5,8,11-12H,6-7,9-10H2,1H3,(H,20,23)(H2,18,19,21). The summed E-state index contributed by atoms with van der Waals surface area (Å²) >= 11 is 0.